The lowest BCUT2D eigenvalue weighted by molar-refractivity contribution is 0.0593. The van der Waals surface area contributed by atoms with Crippen LogP contribution in [0.5, 0.6) is 0 Å². The quantitative estimate of drug-likeness (QED) is 0.921. The van der Waals surface area contributed by atoms with Crippen molar-refractivity contribution in [1.29, 1.82) is 0 Å². The van der Waals surface area contributed by atoms with Gasteiger partial charge < -0.3 is 10.2 Å². The van der Waals surface area contributed by atoms with E-state index in [1.54, 1.807) is 11.0 Å². The van der Waals surface area contributed by atoms with Crippen molar-refractivity contribution in [1.82, 2.24) is 4.90 Å². The smallest absolute Gasteiger partial charge is 0.258 e. The van der Waals surface area contributed by atoms with Gasteiger partial charge in [-0.3, -0.25) is 4.79 Å². The third-order valence-corrected chi connectivity index (χ3v) is 4.19. The first kappa shape index (κ1) is 14.6. The van der Waals surface area contributed by atoms with Gasteiger partial charge in [0.15, 0.2) is 0 Å². The first-order chi connectivity index (χ1) is 10.6. The molecule has 2 atom stereocenters. The van der Waals surface area contributed by atoms with Crippen molar-refractivity contribution in [3.05, 3.63) is 65.5 Å². The van der Waals surface area contributed by atoms with E-state index in [0.717, 1.165) is 17.7 Å². The predicted molar refractivity (Wildman–Crippen MR) is 85.1 cm³/mol. The number of nitrogens with zero attached hydrogens (tertiary/aromatic N) is 1. The number of benzene rings is 2. The average Bonchev–Trinajstić information content (AvgIpc) is 2.54. The van der Waals surface area contributed by atoms with E-state index in [2.05, 4.69) is 5.32 Å². The van der Waals surface area contributed by atoms with E-state index in [1.807, 2.05) is 44.2 Å². The Labute approximate surface area is 129 Å². The molecule has 0 saturated heterocycles. The van der Waals surface area contributed by atoms with Crippen LogP contribution >= 0.6 is 0 Å². The SMILES string of the molecule is CC[C@@H](C)N1C(=O)c2ccccc2N[C@@H]1c1cccc(F)c1. The molecule has 1 aliphatic heterocycles. The van der Waals surface area contributed by atoms with Crippen LogP contribution in [0.4, 0.5) is 10.1 Å². The Morgan fingerprint density at radius 3 is 2.73 bits per heavy atom. The molecular formula is C18H19FN2O. The maximum Gasteiger partial charge on any atom is 0.258 e. The number of rotatable bonds is 3. The molecule has 3 nitrogen and oxygen atoms in total. The van der Waals surface area contributed by atoms with Gasteiger partial charge in [0.25, 0.3) is 5.91 Å². The maximum absolute atomic E-state index is 13.6. The van der Waals surface area contributed by atoms with Crippen LogP contribution in [0.15, 0.2) is 48.5 Å². The molecule has 1 heterocycles. The van der Waals surface area contributed by atoms with Gasteiger partial charge >= 0.3 is 0 Å². The van der Waals surface area contributed by atoms with Crippen LogP contribution in [0.25, 0.3) is 0 Å². The average molecular weight is 298 g/mol. The Kier molecular flexibility index (Phi) is 3.84. The number of nitrogens with one attached hydrogen (secondary N) is 1. The Balaban J connectivity index is 2.09. The molecule has 1 aliphatic rings. The summed E-state index contributed by atoms with van der Waals surface area (Å²) in [6.45, 7) is 4.06. The van der Waals surface area contributed by atoms with Crippen molar-refractivity contribution in [3.8, 4) is 0 Å². The molecule has 2 aromatic rings. The van der Waals surface area contributed by atoms with Crippen molar-refractivity contribution in [2.24, 2.45) is 0 Å². The van der Waals surface area contributed by atoms with Gasteiger partial charge in [-0.25, -0.2) is 4.39 Å². The highest BCUT2D eigenvalue weighted by molar-refractivity contribution is 6.01. The molecule has 0 spiro atoms. The van der Waals surface area contributed by atoms with Crippen LogP contribution in [-0.2, 0) is 0 Å². The third-order valence-electron chi connectivity index (χ3n) is 4.19. The summed E-state index contributed by atoms with van der Waals surface area (Å²) in [5, 5.41) is 3.37. The monoisotopic (exact) mass is 298 g/mol. The van der Waals surface area contributed by atoms with E-state index in [4.69, 9.17) is 0 Å². The number of halogens is 1. The van der Waals surface area contributed by atoms with Gasteiger partial charge in [-0.2, -0.15) is 0 Å². The number of carbonyl (C=O) groups excluding carboxylic acids is 1. The van der Waals surface area contributed by atoms with Crippen LogP contribution in [0.1, 0.15) is 42.4 Å². The molecule has 2 aromatic carbocycles. The fourth-order valence-corrected chi connectivity index (χ4v) is 2.84. The van der Waals surface area contributed by atoms with Crippen molar-refractivity contribution in [3.63, 3.8) is 0 Å². The molecule has 0 saturated carbocycles. The van der Waals surface area contributed by atoms with Gasteiger partial charge in [0.05, 0.1) is 5.56 Å². The minimum atomic E-state index is -0.354. The summed E-state index contributed by atoms with van der Waals surface area (Å²) in [7, 11) is 0. The topological polar surface area (TPSA) is 32.3 Å². The number of amides is 1. The van der Waals surface area contributed by atoms with Crippen LogP contribution in [-0.4, -0.2) is 16.8 Å². The first-order valence-electron chi connectivity index (χ1n) is 7.55. The standard InChI is InChI=1S/C18H19FN2O/c1-3-12(2)21-17(13-7-6-8-14(19)11-13)20-16-10-5-4-9-15(16)18(21)22/h4-12,17,20H,3H2,1-2H3/t12-,17+/m1/s1. The largest absolute Gasteiger partial charge is 0.361 e. The minimum absolute atomic E-state index is 0.0158. The predicted octanol–water partition coefficient (Wildman–Crippen LogP) is 4.19. The summed E-state index contributed by atoms with van der Waals surface area (Å²) in [5.41, 5.74) is 2.21. The van der Waals surface area contributed by atoms with E-state index in [-0.39, 0.29) is 23.9 Å². The zero-order valence-electron chi connectivity index (χ0n) is 12.7. The van der Waals surface area contributed by atoms with Crippen LogP contribution in [0.3, 0.4) is 0 Å². The van der Waals surface area contributed by atoms with Crippen molar-refractivity contribution in [2.45, 2.75) is 32.5 Å². The molecule has 0 radical (unpaired) electrons. The molecule has 0 bridgehead atoms. The molecule has 1 amide bonds. The molecule has 0 fully saturated rings. The molecule has 22 heavy (non-hydrogen) atoms. The molecular weight excluding hydrogens is 279 g/mol. The molecule has 114 valence electrons. The maximum atomic E-state index is 13.6. The summed E-state index contributed by atoms with van der Waals surface area (Å²) < 4.78 is 13.6. The highest BCUT2D eigenvalue weighted by Gasteiger charge is 2.35. The molecule has 4 heteroatoms. The van der Waals surface area contributed by atoms with Gasteiger partial charge in [0, 0.05) is 11.7 Å². The summed E-state index contributed by atoms with van der Waals surface area (Å²) in [6, 6.07) is 13.9. The molecule has 0 aromatic heterocycles. The lowest BCUT2D eigenvalue weighted by atomic mass is 10.0. The Bertz CT molecular complexity index is 701. The van der Waals surface area contributed by atoms with Crippen molar-refractivity contribution < 1.29 is 9.18 Å². The van der Waals surface area contributed by atoms with Crippen LogP contribution in [0, 0.1) is 5.82 Å². The minimum Gasteiger partial charge on any atom is -0.361 e. The van der Waals surface area contributed by atoms with Gasteiger partial charge in [-0.15, -0.1) is 0 Å². The second kappa shape index (κ2) is 5.79. The van der Waals surface area contributed by atoms with E-state index >= 15 is 0 Å². The van der Waals surface area contributed by atoms with Gasteiger partial charge in [-0.1, -0.05) is 31.2 Å². The van der Waals surface area contributed by atoms with Crippen LogP contribution in [0.2, 0.25) is 0 Å². The number of fused-ring (bicyclic) bond motifs is 1. The Morgan fingerprint density at radius 1 is 1.23 bits per heavy atom. The number of anilines is 1. The van der Waals surface area contributed by atoms with E-state index in [1.165, 1.54) is 12.1 Å². The second-order valence-corrected chi connectivity index (χ2v) is 5.62. The molecule has 0 unspecified atom stereocenters. The molecule has 3 rings (SSSR count). The lowest BCUT2D eigenvalue weighted by Crippen LogP contribution is -2.47. The highest BCUT2D eigenvalue weighted by Crippen LogP contribution is 2.35. The highest BCUT2D eigenvalue weighted by atomic mass is 19.1. The first-order valence-corrected chi connectivity index (χ1v) is 7.55. The normalized spacial score (nSPS) is 18.6. The third kappa shape index (κ3) is 2.45. The Hall–Kier alpha value is -2.36. The molecule has 0 aliphatic carbocycles. The summed E-state index contributed by atoms with van der Waals surface area (Å²) in [5.74, 6) is -0.312. The summed E-state index contributed by atoms with van der Waals surface area (Å²) >= 11 is 0. The summed E-state index contributed by atoms with van der Waals surface area (Å²) in [4.78, 5) is 14.7. The number of hydrogen-bond donors (Lipinski definition) is 1. The van der Waals surface area contributed by atoms with E-state index in [9.17, 15) is 9.18 Å². The lowest BCUT2D eigenvalue weighted by Gasteiger charge is -2.41. The zero-order valence-corrected chi connectivity index (χ0v) is 12.7. The van der Waals surface area contributed by atoms with Crippen molar-refractivity contribution >= 4 is 11.6 Å². The number of hydrogen-bond acceptors (Lipinski definition) is 2. The van der Waals surface area contributed by atoms with Gasteiger partial charge in [-0.05, 0) is 43.2 Å². The van der Waals surface area contributed by atoms with E-state index < -0.39 is 0 Å². The number of para-hydroxylation sites is 1. The van der Waals surface area contributed by atoms with Gasteiger partial charge in [0.2, 0.25) is 0 Å². The van der Waals surface area contributed by atoms with Gasteiger partial charge in [0.1, 0.15) is 12.0 Å². The fourth-order valence-electron chi connectivity index (χ4n) is 2.84. The Morgan fingerprint density at radius 2 is 2.00 bits per heavy atom. The van der Waals surface area contributed by atoms with E-state index in [0.29, 0.717) is 5.56 Å². The summed E-state index contributed by atoms with van der Waals surface area (Å²) in [6.07, 6.45) is 0.481. The fraction of sp³-hybridized carbons (Fsp3) is 0.278. The zero-order chi connectivity index (χ0) is 15.7. The van der Waals surface area contributed by atoms with Crippen LogP contribution < -0.4 is 5.32 Å². The second-order valence-electron chi connectivity index (χ2n) is 5.62. The van der Waals surface area contributed by atoms with Crippen molar-refractivity contribution in [2.75, 3.05) is 5.32 Å². The molecule has 1 N–H and O–H groups in total. The number of carbonyl (C=O) groups is 1.